The fraction of sp³-hybridized carbons (Fsp3) is 0.250. The largest absolute Gasteiger partial charge is 0.379 e. The zero-order valence-electron chi connectivity index (χ0n) is 15.4. The first-order valence-corrected chi connectivity index (χ1v) is 11.3. The van der Waals surface area contributed by atoms with Gasteiger partial charge in [0, 0.05) is 24.3 Å². The highest BCUT2D eigenvalue weighted by atomic mass is 32.2. The Hall–Kier alpha value is -2.33. The molecule has 1 aliphatic heterocycles. The minimum Gasteiger partial charge on any atom is -0.379 e. The normalized spacial score (nSPS) is 15.5. The van der Waals surface area contributed by atoms with Gasteiger partial charge in [-0.15, -0.1) is 11.3 Å². The minimum atomic E-state index is -3.67. The van der Waals surface area contributed by atoms with E-state index in [9.17, 15) is 17.6 Å². The molecule has 0 atom stereocenters. The van der Waals surface area contributed by atoms with Crippen molar-refractivity contribution in [1.82, 2.24) is 9.62 Å². The molecule has 1 saturated heterocycles. The first-order chi connectivity index (χ1) is 13.9. The number of ether oxygens (including phenoxy) is 1. The van der Waals surface area contributed by atoms with Crippen molar-refractivity contribution in [3.63, 3.8) is 0 Å². The van der Waals surface area contributed by atoms with Gasteiger partial charge in [-0.1, -0.05) is 18.2 Å². The molecule has 0 aliphatic carbocycles. The minimum absolute atomic E-state index is 0.0706. The predicted octanol–water partition coefficient (Wildman–Crippen LogP) is 2.99. The first kappa shape index (κ1) is 20.0. The van der Waals surface area contributed by atoms with Crippen LogP contribution in [0.4, 0.5) is 4.39 Å². The van der Waals surface area contributed by atoms with E-state index in [0.29, 0.717) is 42.1 Å². The molecule has 1 aromatic heterocycles. The van der Waals surface area contributed by atoms with Crippen molar-refractivity contribution in [3.05, 3.63) is 64.8 Å². The standard InChI is InChI=1S/C20H19FN2O4S2/c21-16-5-6-17-15(11-16)12-18(28-17)20(24)22-13-14-3-1-2-4-19(14)29(25,26)23-7-9-27-10-8-23/h1-6,11-12H,7-10,13H2,(H,22,24). The average molecular weight is 435 g/mol. The molecular formula is C20H19FN2O4S2. The van der Waals surface area contributed by atoms with Crippen molar-refractivity contribution < 1.29 is 22.3 Å². The summed E-state index contributed by atoms with van der Waals surface area (Å²) in [6, 6.07) is 12.6. The van der Waals surface area contributed by atoms with Gasteiger partial charge in [0.25, 0.3) is 5.91 Å². The SMILES string of the molecule is O=C(NCc1ccccc1S(=O)(=O)N1CCOCC1)c1cc2cc(F)ccc2s1. The molecule has 1 fully saturated rings. The molecule has 29 heavy (non-hydrogen) atoms. The molecule has 1 amide bonds. The third-order valence-electron chi connectivity index (χ3n) is 4.70. The van der Waals surface area contributed by atoms with Gasteiger partial charge >= 0.3 is 0 Å². The summed E-state index contributed by atoms with van der Waals surface area (Å²) in [6.45, 7) is 1.42. The zero-order chi connectivity index (χ0) is 20.4. The van der Waals surface area contributed by atoms with Gasteiger partial charge in [-0.25, -0.2) is 12.8 Å². The maximum atomic E-state index is 13.4. The van der Waals surface area contributed by atoms with Crippen LogP contribution in [0, 0.1) is 5.82 Å². The van der Waals surface area contributed by atoms with Crippen molar-refractivity contribution in [3.8, 4) is 0 Å². The molecule has 0 saturated carbocycles. The lowest BCUT2D eigenvalue weighted by Crippen LogP contribution is -2.41. The number of fused-ring (bicyclic) bond motifs is 1. The average Bonchev–Trinajstić information content (AvgIpc) is 3.16. The van der Waals surface area contributed by atoms with E-state index in [-0.39, 0.29) is 23.2 Å². The fourth-order valence-corrected chi connectivity index (χ4v) is 5.81. The van der Waals surface area contributed by atoms with Gasteiger partial charge in [0.1, 0.15) is 5.82 Å². The molecule has 9 heteroatoms. The number of nitrogens with zero attached hydrogens (tertiary/aromatic N) is 1. The van der Waals surface area contributed by atoms with Crippen LogP contribution in [-0.4, -0.2) is 44.9 Å². The molecule has 152 valence electrons. The molecule has 2 heterocycles. The van der Waals surface area contributed by atoms with E-state index >= 15 is 0 Å². The number of amides is 1. The third kappa shape index (κ3) is 4.18. The van der Waals surface area contributed by atoms with E-state index in [4.69, 9.17) is 4.74 Å². The maximum absolute atomic E-state index is 13.4. The van der Waals surface area contributed by atoms with Crippen LogP contribution in [0.25, 0.3) is 10.1 Å². The smallest absolute Gasteiger partial charge is 0.261 e. The number of hydrogen-bond donors (Lipinski definition) is 1. The molecule has 1 N–H and O–H groups in total. The Kier molecular flexibility index (Phi) is 5.64. The summed E-state index contributed by atoms with van der Waals surface area (Å²) in [5.74, 6) is -0.685. The lowest BCUT2D eigenvalue weighted by atomic mass is 10.2. The predicted molar refractivity (Wildman–Crippen MR) is 109 cm³/mol. The monoisotopic (exact) mass is 434 g/mol. The van der Waals surface area contributed by atoms with E-state index in [0.717, 1.165) is 4.70 Å². The van der Waals surface area contributed by atoms with Gasteiger partial charge in [-0.2, -0.15) is 4.31 Å². The van der Waals surface area contributed by atoms with E-state index < -0.39 is 10.0 Å². The van der Waals surface area contributed by atoms with Crippen LogP contribution in [0.15, 0.2) is 53.4 Å². The number of hydrogen-bond acceptors (Lipinski definition) is 5. The van der Waals surface area contributed by atoms with Crippen molar-refractivity contribution in [1.29, 1.82) is 0 Å². The fourth-order valence-electron chi connectivity index (χ4n) is 3.22. The molecule has 1 aliphatic rings. The van der Waals surface area contributed by atoms with Gasteiger partial charge in [0.2, 0.25) is 10.0 Å². The highest BCUT2D eigenvalue weighted by Gasteiger charge is 2.28. The van der Waals surface area contributed by atoms with E-state index in [1.54, 1.807) is 36.4 Å². The third-order valence-corrected chi connectivity index (χ3v) is 7.82. The number of carbonyl (C=O) groups excluding carboxylic acids is 1. The van der Waals surface area contributed by atoms with Crippen LogP contribution in [0.2, 0.25) is 0 Å². The Morgan fingerprint density at radius 1 is 1.14 bits per heavy atom. The van der Waals surface area contributed by atoms with Crippen LogP contribution in [0.5, 0.6) is 0 Å². The highest BCUT2D eigenvalue weighted by molar-refractivity contribution is 7.89. The Morgan fingerprint density at radius 3 is 2.69 bits per heavy atom. The van der Waals surface area contributed by atoms with Gasteiger partial charge < -0.3 is 10.1 Å². The molecule has 0 radical (unpaired) electrons. The van der Waals surface area contributed by atoms with Gasteiger partial charge in [-0.05, 0) is 41.3 Å². The molecule has 2 aromatic carbocycles. The first-order valence-electron chi connectivity index (χ1n) is 9.08. The van der Waals surface area contributed by atoms with E-state index in [1.165, 1.54) is 27.8 Å². The second-order valence-electron chi connectivity index (χ2n) is 6.60. The molecule has 0 unspecified atom stereocenters. The summed E-state index contributed by atoms with van der Waals surface area (Å²) >= 11 is 1.26. The summed E-state index contributed by atoms with van der Waals surface area (Å²) in [5.41, 5.74) is 0.513. The molecular weight excluding hydrogens is 415 g/mol. The van der Waals surface area contributed by atoms with Crippen LogP contribution >= 0.6 is 11.3 Å². The summed E-state index contributed by atoms with van der Waals surface area (Å²) in [4.78, 5) is 13.2. The Labute approximate surface area is 172 Å². The molecule has 0 bridgehead atoms. The number of carbonyl (C=O) groups is 1. The number of benzene rings is 2. The number of morpholine rings is 1. The van der Waals surface area contributed by atoms with Gasteiger partial charge in [-0.3, -0.25) is 4.79 Å². The number of nitrogens with one attached hydrogen (secondary N) is 1. The summed E-state index contributed by atoms with van der Waals surface area (Å²) in [7, 11) is -3.67. The van der Waals surface area contributed by atoms with E-state index in [1.807, 2.05) is 0 Å². The maximum Gasteiger partial charge on any atom is 0.261 e. The van der Waals surface area contributed by atoms with E-state index in [2.05, 4.69) is 5.32 Å². The Bertz CT molecular complexity index is 1150. The van der Waals surface area contributed by atoms with Crippen molar-refractivity contribution >= 4 is 37.4 Å². The number of thiophene rings is 1. The lowest BCUT2D eigenvalue weighted by Gasteiger charge is -2.27. The topological polar surface area (TPSA) is 75.7 Å². The molecule has 0 spiro atoms. The number of rotatable bonds is 5. The lowest BCUT2D eigenvalue weighted by molar-refractivity contribution is 0.0730. The Morgan fingerprint density at radius 2 is 1.90 bits per heavy atom. The highest BCUT2D eigenvalue weighted by Crippen LogP contribution is 2.26. The Balaban J connectivity index is 1.53. The molecule has 6 nitrogen and oxygen atoms in total. The second kappa shape index (κ2) is 8.19. The number of sulfonamides is 1. The summed E-state index contributed by atoms with van der Waals surface area (Å²) in [6.07, 6.45) is 0. The summed E-state index contributed by atoms with van der Waals surface area (Å²) in [5, 5.41) is 3.44. The van der Waals surface area contributed by atoms with Crippen molar-refractivity contribution in [2.75, 3.05) is 26.3 Å². The van der Waals surface area contributed by atoms with Crippen LogP contribution in [0.3, 0.4) is 0 Å². The van der Waals surface area contributed by atoms with Crippen LogP contribution in [0.1, 0.15) is 15.2 Å². The second-order valence-corrected chi connectivity index (χ2v) is 9.59. The zero-order valence-corrected chi connectivity index (χ0v) is 17.1. The molecule has 3 aromatic rings. The van der Waals surface area contributed by atoms with Crippen molar-refractivity contribution in [2.24, 2.45) is 0 Å². The number of halogens is 1. The molecule has 4 rings (SSSR count). The van der Waals surface area contributed by atoms with Gasteiger partial charge in [0.05, 0.1) is 23.0 Å². The van der Waals surface area contributed by atoms with Crippen LogP contribution in [-0.2, 0) is 21.3 Å². The van der Waals surface area contributed by atoms with Crippen LogP contribution < -0.4 is 5.32 Å². The van der Waals surface area contributed by atoms with Gasteiger partial charge in [0.15, 0.2) is 0 Å². The summed E-state index contributed by atoms with van der Waals surface area (Å²) < 4.78 is 46.8. The van der Waals surface area contributed by atoms with Crippen molar-refractivity contribution in [2.45, 2.75) is 11.4 Å². The quantitative estimate of drug-likeness (QED) is 0.670.